The van der Waals surface area contributed by atoms with Crippen molar-refractivity contribution in [3.63, 3.8) is 0 Å². The number of carbonyl (C=O) groups excluding carboxylic acids is 1. The van der Waals surface area contributed by atoms with Crippen LogP contribution in [0.25, 0.3) is 0 Å². The molecule has 5 nitrogen and oxygen atoms in total. The summed E-state index contributed by atoms with van der Waals surface area (Å²) in [5.74, 6) is 1.47. The third-order valence-electron chi connectivity index (χ3n) is 7.25. The van der Waals surface area contributed by atoms with E-state index in [9.17, 15) is 15.0 Å². The minimum absolute atomic E-state index is 0.0473. The fourth-order valence-electron chi connectivity index (χ4n) is 6.07. The molecule has 136 valence electrons. The summed E-state index contributed by atoms with van der Waals surface area (Å²) in [5.41, 5.74) is 0. The molecule has 0 aromatic heterocycles. The molecule has 0 radical (unpaired) electrons. The van der Waals surface area contributed by atoms with Gasteiger partial charge in [-0.2, -0.15) is 0 Å². The first-order valence-corrected chi connectivity index (χ1v) is 10.0. The van der Waals surface area contributed by atoms with E-state index in [1.807, 2.05) is 0 Å². The fourth-order valence-corrected chi connectivity index (χ4v) is 6.07. The van der Waals surface area contributed by atoms with Gasteiger partial charge in [0.2, 0.25) is 0 Å². The molecule has 0 aliphatic heterocycles. The van der Waals surface area contributed by atoms with Crippen LogP contribution in [-0.2, 0) is 0 Å². The maximum absolute atomic E-state index is 12.4. The number of nitrogens with one attached hydrogen (secondary N) is 2. The SMILES string of the molecule is O=C(NC1CC2CCCC(C1)C2O)NC1CC2CCCC(C1)C2O. The van der Waals surface area contributed by atoms with E-state index in [-0.39, 0.29) is 30.3 Å². The van der Waals surface area contributed by atoms with Gasteiger partial charge in [-0.25, -0.2) is 4.79 Å². The molecule has 5 heteroatoms. The monoisotopic (exact) mass is 336 g/mol. The van der Waals surface area contributed by atoms with Gasteiger partial charge in [0.25, 0.3) is 0 Å². The van der Waals surface area contributed by atoms with Crippen LogP contribution in [0.5, 0.6) is 0 Å². The second-order valence-corrected chi connectivity index (χ2v) is 8.84. The van der Waals surface area contributed by atoms with Crippen LogP contribution in [0.2, 0.25) is 0 Å². The number of amides is 2. The van der Waals surface area contributed by atoms with Gasteiger partial charge in [-0.15, -0.1) is 0 Å². The van der Waals surface area contributed by atoms with E-state index in [1.165, 1.54) is 12.8 Å². The van der Waals surface area contributed by atoms with Crippen molar-refractivity contribution in [1.82, 2.24) is 10.6 Å². The van der Waals surface area contributed by atoms with E-state index in [1.54, 1.807) is 0 Å². The van der Waals surface area contributed by atoms with E-state index < -0.39 is 0 Å². The molecule has 2 amide bonds. The molecule has 4 rings (SSSR count). The number of hydrogen-bond acceptors (Lipinski definition) is 3. The van der Waals surface area contributed by atoms with E-state index >= 15 is 0 Å². The number of carbonyl (C=O) groups is 1. The predicted molar refractivity (Wildman–Crippen MR) is 91.4 cm³/mol. The van der Waals surface area contributed by atoms with Crippen molar-refractivity contribution in [3.05, 3.63) is 0 Å². The molecule has 24 heavy (non-hydrogen) atoms. The maximum Gasteiger partial charge on any atom is 0.315 e. The van der Waals surface area contributed by atoms with Crippen molar-refractivity contribution in [1.29, 1.82) is 0 Å². The molecule has 4 saturated carbocycles. The van der Waals surface area contributed by atoms with Crippen LogP contribution in [0.15, 0.2) is 0 Å². The molecule has 0 heterocycles. The van der Waals surface area contributed by atoms with Crippen LogP contribution in [0, 0.1) is 23.7 Å². The molecular formula is C19H32N2O3. The van der Waals surface area contributed by atoms with Crippen LogP contribution in [0.1, 0.15) is 64.2 Å². The van der Waals surface area contributed by atoms with Crippen LogP contribution in [0.4, 0.5) is 4.79 Å². The Hall–Kier alpha value is -0.810. The number of fused-ring (bicyclic) bond motifs is 4. The molecule has 0 saturated heterocycles. The summed E-state index contributed by atoms with van der Waals surface area (Å²) in [7, 11) is 0. The summed E-state index contributed by atoms with van der Waals surface area (Å²) in [6, 6.07) is 0.365. The van der Waals surface area contributed by atoms with Crippen molar-refractivity contribution in [2.45, 2.75) is 88.5 Å². The lowest BCUT2D eigenvalue weighted by atomic mass is 9.68. The molecule has 0 aromatic carbocycles. The fraction of sp³-hybridized carbons (Fsp3) is 0.947. The van der Waals surface area contributed by atoms with Crippen LogP contribution in [-0.4, -0.2) is 40.5 Å². The van der Waals surface area contributed by atoms with Gasteiger partial charge in [-0.1, -0.05) is 12.8 Å². The minimum Gasteiger partial charge on any atom is -0.393 e. The van der Waals surface area contributed by atoms with Gasteiger partial charge >= 0.3 is 6.03 Å². The predicted octanol–water partition coefficient (Wildman–Crippen LogP) is 2.16. The Bertz CT molecular complexity index is 404. The Kier molecular flexibility index (Phi) is 4.74. The Morgan fingerprint density at radius 3 is 1.33 bits per heavy atom. The van der Waals surface area contributed by atoms with Crippen molar-refractivity contribution >= 4 is 6.03 Å². The molecule has 4 N–H and O–H groups in total. The van der Waals surface area contributed by atoms with Gasteiger partial charge in [0.15, 0.2) is 0 Å². The highest BCUT2D eigenvalue weighted by Gasteiger charge is 2.41. The molecule has 4 fully saturated rings. The van der Waals surface area contributed by atoms with E-state index in [2.05, 4.69) is 10.6 Å². The highest BCUT2D eigenvalue weighted by molar-refractivity contribution is 5.74. The average Bonchev–Trinajstić information content (AvgIpc) is 2.49. The van der Waals surface area contributed by atoms with Crippen LogP contribution in [0.3, 0.4) is 0 Å². The summed E-state index contributed by atoms with van der Waals surface area (Å²) >= 11 is 0. The van der Waals surface area contributed by atoms with Gasteiger partial charge in [-0.05, 0) is 75.0 Å². The van der Waals surface area contributed by atoms with E-state index in [0.29, 0.717) is 23.7 Å². The minimum atomic E-state index is -0.154. The summed E-state index contributed by atoms with van der Waals surface area (Å²) < 4.78 is 0. The number of hydrogen-bond donors (Lipinski definition) is 4. The molecule has 4 aliphatic carbocycles. The van der Waals surface area contributed by atoms with Crippen molar-refractivity contribution < 1.29 is 15.0 Å². The number of rotatable bonds is 2. The second kappa shape index (κ2) is 6.83. The Labute approximate surface area is 144 Å². The van der Waals surface area contributed by atoms with Gasteiger partial charge < -0.3 is 20.8 Å². The van der Waals surface area contributed by atoms with Gasteiger partial charge in [0, 0.05) is 12.1 Å². The van der Waals surface area contributed by atoms with E-state index in [0.717, 1.165) is 51.4 Å². The largest absolute Gasteiger partial charge is 0.393 e. The maximum atomic E-state index is 12.4. The summed E-state index contributed by atoms with van der Waals surface area (Å²) in [6.07, 6.45) is 10.2. The zero-order valence-corrected chi connectivity index (χ0v) is 14.5. The van der Waals surface area contributed by atoms with Gasteiger partial charge in [0.1, 0.15) is 0 Å². The van der Waals surface area contributed by atoms with Gasteiger partial charge in [-0.3, -0.25) is 0 Å². The first kappa shape index (κ1) is 16.6. The third kappa shape index (κ3) is 3.30. The summed E-state index contributed by atoms with van der Waals surface area (Å²) in [6.45, 7) is 0. The van der Waals surface area contributed by atoms with Crippen LogP contribution < -0.4 is 10.6 Å². The summed E-state index contributed by atoms with van der Waals surface area (Å²) in [4.78, 5) is 12.4. The molecule has 4 unspecified atom stereocenters. The van der Waals surface area contributed by atoms with Crippen molar-refractivity contribution in [3.8, 4) is 0 Å². The molecule has 0 spiro atoms. The zero-order valence-electron chi connectivity index (χ0n) is 14.5. The summed E-state index contributed by atoms with van der Waals surface area (Å²) in [5, 5.41) is 26.9. The Balaban J connectivity index is 1.28. The lowest BCUT2D eigenvalue weighted by molar-refractivity contribution is -0.0263. The molecule has 0 aromatic rings. The number of aliphatic hydroxyl groups excluding tert-OH is 2. The van der Waals surface area contributed by atoms with Crippen LogP contribution >= 0.6 is 0 Å². The molecular weight excluding hydrogens is 304 g/mol. The van der Waals surface area contributed by atoms with Crippen molar-refractivity contribution in [2.75, 3.05) is 0 Å². The lowest BCUT2D eigenvalue weighted by Crippen LogP contribution is -2.54. The molecule has 4 bridgehead atoms. The Morgan fingerprint density at radius 2 is 1.00 bits per heavy atom. The first-order chi connectivity index (χ1) is 11.6. The van der Waals surface area contributed by atoms with E-state index in [4.69, 9.17) is 0 Å². The average molecular weight is 336 g/mol. The zero-order chi connectivity index (χ0) is 16.7. The highest BCUT2D eigenvalue weighted by atomic mass is 16.3. The smallest absolute Gasteiger partial charge is 0.315 e. The first-order valence-electron chi connectivity index (χ1n) is 10.0. The normalized spacial score (nSPS) is 47.8. The number of urea groups is 1. The Morgan fingerprint density at radius 1 is 0.667 bits per heavy atom. The molecule has 4 atom stereocenters. The lowest BCUT2D eigenvalue weighted by Gasteiger charge is -2.44. The van der Waals surface area contributed by atoms with Gasteiger partial charge in [0.05, 0.1) is 12.2 Å². The number of aliphatic hydroxyl groups is 2. The second-order valence-electron chi connectivity index (χ2n) is 8.84. The highest BCUT2D eigenvalue weighted by Crippen LogP contribution is 2.41. The topological polar surface area (TPSA) is 81.6 Å². The standard InChI is InChI=1S/C19H32N2O3/c22-17-11-3-1-4-12(17)8-15(7-11)20-19(24)21-16-9-13-5-2-6-14(10-16)18(13)23/h11-18,22-23H,1-10H2,(H2,20,21,24). The quantitative estimate of drug-likeness (QED) is 0.624. The van der Waals surface area contributed by atoms with Crippen molar-refractivity contribution in [2.24, 2.45) is 23.7 Å². The third-order valence-corrected chi connectivity index (χ3v) is 7.25. The molecule has 4 aliphatic rings.